The average Bonchev–Trinajstić information content (AvgIpc) is 2.48. The first-order chi connectivity index (χ1) is 10.2. The van der Waals surface area contributed by atoms with Crippen molar-refractivity contribution in [3.63, 3.8) is 0 Å². The van der Waals surface area contributed by atoms with Crippen LogP contribution in [0.5, 0.6) is 11.5 Å². The summed E-state index contributed by atoms with van der Waals surface area (Å²) < 4.78 is 16.8. The molecule has 1 aromatic carbocycles. The van der Waals surface area contributed by atoms with Crippen LogP contribution in [0.4, 0.5) is 0 Å². The van der Waals surface area contributed by atoms with Gasteiger partial charge in [-0.05, 0) is 30.9 Å². The molecule has 4 nitrogen and oxygen atoms in total. The number of aliphatic hydroxyl groups excluding tert-OH is 1. The highest BCUT2D eigenvalue weighted by atomic mass is 16.5. The number of hydrogen-bond donors (Lipinski definition) is 1. The molecule has 0 spiro atoms. The Kier molecular flexibility index (Phi) is 8.87. The van der Waals surface area contributed by atoms with Crippen molar-refractivity contribution in [1.82, 2.24) is 0 Å². The lowest BCUT2D eigenvalue weighted by atomic mass is 10.1. The summed E-state index contributed by atoms with van der Waals surface area (Å²) in [5.74, 6) is 2.09. The van der Waals surface area contributed by atoms with Gasteiger partial charge in [0.05, 0.1) is 19.8 Å². The van der Waals surface area contributed by atoms with Gasteiger partial charge in [-0.15, -0.1) is 0 Å². The Balaban J connectivity index is 2.40. The van der Waals surface area contributed by atoms with E-state index in [4.69, 9.17) is 14.2 Å². The first-order valence-electron chi connectivity index (χ1n) is 7.74. The van der Waals surface area contributed by atoms with Gasteiger partial charge in [0, 0.05) is 18.2 Å². The third-order valence-electron chi connectivity index (χ3n) is 3.01. The summed E-state index contributed by atoms with van der Waals surface area (Å²) in [7, 11) is 0. The fraction of sp³-hybridized carbons (Fsp3) is 0.647. The van der Waals surface area contributed by atoms with Crippen LogP contribution in [0.1, 0.15) is 39.2 Å². The molecular formula is C17H28O4. The van der Waals surface area contributed by atoms with E-state index in [2.05, 4.69) is 20.8 Å². The SMILES string of the molecule is CCCOc1ccc(CO)c(OCCOCCC(C)C)c1. The van der Waals surface area contributed by atoms with E-state index in [1.54, 1.807) is 0 Å². The molecule has 0 aliphatic carbocycles. The quantitative estimate of drug-likeness (QED) is 0.636. The van der Waals surface area contributed by atoms with Crippen LogP contribution in [-0.4, -0.2) is 31.5 Å². The van der Waals surface area contributed by atoms with Gasteiger partial charge in [-0.25, -0.2) is 0 Å². The molecule has 1 rings (SSSR count). The number of rotatable bonds is 11. The van der Waals surface area contributed by atoms with E-state index >= 15 is 0 Å². The van der Waals surface area contributed by atoms with Gasteiger partial charge in [0.25, 0.3) is 0 Å². The lowest BCUT2D eigenvalue weighted by Gasteiger charge is -2.13. The number of aliphatic hydroxyl groups is 1. The molecule has 0 aromatic heterocycles. The monoisotopic (exact) mass is 296 g/mol. The van der Waals surface area contributed by atoms with Crippen molar-refractivity contribution in [2.45, 2.75) is 40.2 Å². The molecule has 0 aliphatic heterocycles. The Labute approximate surface area is 128 Å². The lowest BCUT2D eigenvalue weighted by molar-refractivity contribution is 0.0916. The predicted octanol–water partition coefficient (Wildman–Crippen LogP) is 3.41. The zero-order valence-corrected chi connectivity index (χ0v) is 13.4. The van der Waals surface area contributed by atoms with Crippen LogP contribution >= 0.6 is 0 Å². The van der Waals surface area contributed by atoms with Crippen molar-refractivity contribution in [2.24, 2.45) is 5.92 Å². The van der Waals surface area contributed by atoms with Gasteiger partial charge in [-0.1, -0.05) is 20.8 Å². The van der Waals surface area contributed by atoms with Crippen molar-refractivity contribution in [1.29, 1.82) is 0 Å². The van der Waals surface area contributed by atoms with E-state index in [9.17, 15) is 5.11 Å². The second kappa shape index (κ2) is 10.5. The predicted molar refractivity (Wildman–Crippen MR) is 83.9 cm³/mol. The summed E-state index contributed by atoms with van der Waals surface area (Å²) in [6.07, 6.45) is 2.02. The Morgan fingerprint density at radius 2 is 1.86 bits per heavy atom. The highest BCUT2D eigenvalue weighted by molar-refractivity contribution is 5.40. The molecule has 1 N–H and O–H groups in total. The molecule has 0 aliphatic rings. The van der Waals surface area contributed by atoms with Gasteiger partial charge >= 0.3 is 0 Å². The summed E-state index contributed by atoms with van der Waals surface area (Å²) in [6.45, 7) is 8.83. The molecular weight excluding hydrogens is 268 g/mol. The van der Waals surface area contributed by atoms with E-state index in [1.165, 1.54) is 0 Å². The summed E-state index contributed by atoms with van der Waals surface area (Å²) in [4.78, 5) is 0. The minimum atomic E-state index is -0.0440. The average molecular weight is 296 g/mol. The molecule has 0 saturated carbocycles. The minimum Gasteiger partial charge on any atom is -0.493 e. The summed E-state index contributed by atoms with van der Waals surface area (Å²) >= 11 is 0. The lowest BCUT2D eigenvalue weighted by Crippen LogP contribution is -2.09. The summed E-state index contributed by atoms with van der Waals surface area (Å²) in [5, 5.41) is 9.34. The first kappa shape index (κ1) is 17.8. The van der Waals surface area contributed by atoms with Crippen LogP contribution in [0.2, 0.25) is 0 Å². The fourth-order valence-electron chi connectivity index (χ4n) is 1.74. The second-order valence-corrected chi connectivity index (χ2v) is 5.42. The fourth-order valence-corrected chi connectivity index (χ4v) is 1.74. The second-order valence-electron chi connectivity index (χ2n) is 5.42. The van der Waals surface area contributed by atoms with Crippen molar-refractivity contribution < 1.29 is 19.3 Å². The summed E-state index contributed by atoms with van der Waals surface area (Å²) in [6, 6.07) is 5.52. The highest BCUT2D eigenvalue weighted by Crippen LogP contribution is 2.25. The van der Waals surface area contributed by atoms with Crippen LogP contribution in [-0.2, 0) is 11.3 Å². The molecule has 21 heavy (non-hydrogen) atoms. The largest absolute Gasteiger partial charge is 0.493 e. The van der Waals surface area contributed by atoms with E-state index in [0.29, 0.717) is 31.5 Å². The van der Waals surface area contributed by atoms with E-state index in [-0.39, 0.29) is 6.61 Å². The Bertz CT molecular complexity index is 390. The molecule has 0 fully saturated rings. The molecule has 0 radical (unpaired) electrons. The molecule has 1 aromatic rings. The van der Waals surface area contributed by atoms with Gasteiger partial charge in [-0.3, -0.25) is 0 Å². The molecule has 0 atom stereocenters. The van der Waals surface area contributed by atoms with Crippen molar-refractivity contribution in [3.05, 3.63) is 23.8 Å². The van der Waals surface area contributed by atoms with Gasteiger partial charge in [0.2, 0.25) is 0 Å². The highest BCUT2D eigenvalue weighted by Gasteiger charge is 2.05. The normalized spacial score (nSPS) is 10.9. The molecule has 0 saturated heterocycles. The third kappa shape index (κ3) is 7.34. The standard InChI is InChI=1S/C17H28O4/c1-4-8-20-16-6-5-15(13-18)17(12-16)21-11-10-19-9-7-14(2)3/h5-6,12,14,18H,4,7-11,13H2,1-3H3. The Hall–Kier alpha value is -1.26. The van der Waals surface area contributed by atoms with Crippen LogP contribution in [0.3, 0.4) is 0 Å². The van der Waals surface area contributed by atoms with E-state index in [0.717, 1.165) is 30.8 Å². The first-order valence-corrected chi connectivity index (χ1v) is 7.74. The number of ether oxygens (including phenoxy) is 3. The number of benzene rings is 1. The van der Waals surface area contributed by atoms with Crippen LogP contribution in [0.15, 0.2) is 18.2 Å². The smallest absolute Gasteiger partial charge is 0.128 e. The van der Waals surface area contributed by atoms with Crippen molar-refractivity contribution in [3.8, 4) is 11.5 Å². The summed E-state index contributed by atoms with van der Waals surface area (Å²) in [5.41, 5.74) is 0.765. The topological polar surface area (TPSA) is 47.9 Å². The van der Waals surface area contributed by atoms with Crippen molar-refractivity contribution >= 4 is 0 Å². The Morgan fingerprint density at radius 1 is 1.05 bits per heavy atom. The van der Waals surface area contributed by atoms with Gasteiger partial charge in [-0.2, -0.15) is 0 Å². The minimum absolute atomic E-state index is 0.0440. The third-order valence-corrected chi connectivity index (χ3v) is 3.01. The maximum absolute atomic E-state index is 9.34. The molecule has 4 heteroatoms. The van der Waals surface area contributed by atoms with E-state index in [1.807, 2.05) is 18.2 Å². The maximum Gasteiger partial charge on any atom is 0.128 e. The zero-order valence-electron chi connectivity index (χ0n) is 13.4. The Morgan fingerprint density at radius 3 is 2.52 bits per heavy atom. The van der Waals surface area contributed by atoms with E-state index < -0.39 is 0 Å². The van der Waals surface area contributed by atoms with Gasteiger partial charge < -0.3 is 19.3 Å². The maximum atomic E-state index is 9.34. The molecule has 0 heterocycles. The molecule has 120 valence electrons. The molecule has 0 bridgehead atoms. The van der Waals surface area contributed by atoms with Crippen LogP contribution in [0.25, 0.3) is 0 Å². The number of hydrogen-bond acceptors (Lipinski definition) is 4. The molecule has 0 amide bonds. The van der Waals surface area contributed by atoms with Crippen LogP contribution < -0.4 is 9.47 Å². The zero-order chi connectivity index (χ0) is 15.5. The van der Waals surface area contributed by atoms with Gasteiger partial charge in [0.1, 0.15) is 18.1 Å². The van der Waals surface area contributed by atoms with Gasteiger partial charge in [0.15, 0.2) is 0 Å². The molecule has 0 unspecified atom stereocenters. The van der Waals surface area contributed by atoms with Crippen molar-refractivity contribution in [2.75, 3.05) is 26.4 Å². The van der Waals surface area contributed by atoms with Crippen LogP contribution in [0, 0.1) is 5.92 Å².